The molecule has 1 fully saturated rings. The van der Waals surface area contributed by atoms with E-state index >= 15 is 0 Å². The second-order valence-electron chi connectivity index (χ2n) is 5.86. The first kappa shape index (κ1) is 16.7. The fraction of sp³-hybridized carbons (Fsp3) is 1.00. The molecular formula is C13H25F3N2O. The van der Waals surface area contributed by atoms with Crippen LogP contribution in [0.1, 0.15) is 39.5 Å². The Bertz CT molecular complexity index is 284. The number of halogens is 3. The lowest BCUT2D eigenvalue weighted by molar-refractivity contribution is -0.150. The smallest absolute Gasteiger partial charge is 0.388 e. The zero-order chi connectivity index (χ0) is 14.7. The summed E-state index contributed by atoms with van der Waals surface area (Å²) in [5.41, 5.74) is 4.71. The first-order chi connectivity index (χ1) is 8.68. The van der Waals surface area contributed by atoms with E-state index in [4.69, 9.17) is 5.73 Å². The SMILES string of the molecule is CC(C)N(CCC1CCCC1(O)CN)CC(F)(F)F. The standard InChI is InChI=1S/C13H25F3N2O/c1-10(2)18(9-13(14,15)16)7-5-11-4-3-6-12(11,19)8-17/h10-11,19H,3-9,17H2,1-2H3. The first-order valence-corrected chi connectivity index (χ1v) is 6.91. The number of nitrogens with two attached hydrogens (primary N) is 1. The third-order valence-electron chi connectivity index (χ3n) is 4.15. The average molecular weight is 282 g/mol. The van der Waals surface area contributed by atoms with E-state index in [1.54, 1.807) is 13.8 Å². The van der Waals surface area contributed by atoms with Gasteiger partial charge in [0.15, 0.2) is 0 Å². The number of nitrogens with zero attached hydrogens (tertiary/aromatic N) is 1. The minimum Gasteiger partial charge on any atom is -0.388 e. The Labute approximate surface area is 113 Å². The molecule has 1 aliphatic carbocycles. The maximum Gasteiger partial charge on any atom is 0.401 e. The molecule has 19 heavy (non-hydrogen) atoms. The summed E-state index contributed by atoms with van der Waals surface area (Å²) < 4.78 is 37.4. The summed E-state index contributed by atoms with van der Waals surface area (Å²) in [6.45, 7) is 3.17. The topological polar surface area (TPSA) is 49.5 Å². The van der Waals surface area contributed by atoms with Gasteiger partial charge in [0, 0.05) is 12.6 Å². The van der Waals surface area contributed by atoms with Crippen molar-refractivity contribution in [3.8, 4) is 0 Å². The molecule has 0 aliphatic heterocycles. The van der Waals surface area contributed by atoms with Gasteiger partial charge in [0.25, 0.3) is 0 Å². The van der Waals surface area contributed by atoms with Gasteiger partial charge in [0.05, 0.1) is 12.1 Å². The fourth-order valence-corrected chi connectivity index (χ4v) is 2.88. The van der Waals surface area contributed by atoms with Crippen molar-refractivity contribution >= 4 is 0 Å². The fourth-order valence-electron chi connectivity index (χ4n) is 2.88. The van der Waals surface area contributed by atoms with E-state index in [2.05, 4.69) is 0 Å². The Morgan fingerprint density at radius 2 is 2.05 bits per heavy atom. The van der Waals surface area contributed by atoms with Crippen molar-refractivity contribution in [3.05, 3.63) is 0 Å². The molecule has 0 radical (unpaired) electrons. The van der Waals surface area contributed by atoms with Crippen LogP contribution in [0.5, 0.6) is 0 Å². The molecule has 3 nitrogen and oxygen atoms in total. The summed E-state index contributed by atoms with van der Waals surface area (Å²) in [5.74, 6) is 0.0204. The summed E-state index contributed by atoms with van der Waals surface area (Å²) >= 11 is 0. The van der Waals surface area contributed by atoms with E-state index in [1.807, 2.05) is 0 Å². The third-order valence-corrected chi connectivity index (χ3v) is 4.15. The highest BCUT2D eigenvalue weighted by molar-refractivity contribution is 4.93. The summed E-state index contributed by atoms with van der Waals surface area (Å²) in [6.07, 6.45) is -1.19. The van der Waals surface area contributed by atoms with Crippen LogP contribution in [-0.2, 0) is 0 Å². The van der Waals surface area contributed by atoms with Crippen molar-refractivity contribution in [2.45, 2.75) is 57.3 Å². The van der Waals surface area contributed by atoms with Crippen molar-refractivity contribution in [3.63, 3.8) is 0 Å². The van der Waals surface area contributed by atoms with Gasteiger partial charge in [-0.05, 0) is 45.6 Å². The predicted molar refractivity (Wildman–Crippen MR) is 68.7 cm³/mol. The highest BCUT2D eigenvalue weighted by atomic mass is 19.4. The molecule has 3 N–H and O–H groups in total. The van der Waals surface area contributed by atoms with Crippen LogP contribution in [0.15, 0.2) is 0 Å². The van der Waals surface area contributed by atoms with Crippen molar-refractivity contribution in [2.75, 3.05) is 19.6 Å². The summed E-state index contributed by atoms with van der Waals surface area (Å²) in [5, 5.41) is 10.3. The molecule has 0 aromatic carbocycles. The minimum atomic E-state index is -4.18. The van der Waals surface area contributed by atoms with Gasteiger partial charge in [0.1, 0.15) is 0 Å². The Morgan fingerprint density at radius 3 is 2.53 bits per heavy atom. The number of alkyl halides is 3. The van der Waals surface area contributed by atoms with E-state index in [9.17, 15) is 18.3 Å². The van der Waals surface area contributed by atoms with Crippen LogP contribution in [0.25, 0.3) is 0 Å². The van der Waals surface area contributed by atoms with Gasteiger partial charge in [-0.1, -0.05) is 6.42 Å². The van der Waals surface area contributed by atoms with E-state index in [-0.39, 0.29) is 18.5 Å². The van der Waals surface area contributed by atoms with Gasteiger partial charge in [-0.2, -0.15) is 13.2 Å². The maximum absolute atomic E-state index is 12.5. The molecule has 1 aliphatic rings. The highest BCUT2D eigenvalue weighted by Crippen LogP contribution is 2.37. The van der Waals surface area contributed by atoms with Gasteiger partial charge in [-0.3, -0.25) is 4.90 Å². The van der Waals surface area contributed by atoms with Crippen molar-refractivity contribution in [1.29, 1.82) is 0 Å². The summed E-state index contributed by atoms with van der Waals surface area (Å²) in [4.78, 5) is 1.41. The van der Waals surface area contributed by atoms with Crippen LogP contribution in [0.2, 0.25) is 0 Å². The molecule has 1 saturated carbocycles. The molecule has 0 spiro atoms. The highest BCUT2D eigenvalue weighted by Gasteiger charge is 2.40. The molecule has 0 amide bonds. The summed E-state index contributed by atoms with van der Waals surface area (Å²) in [6, 6.07) is -0.158. The lowest BCUT2D eigenvalue weighted by atomic mass is 9.88. The van der Waals surface area contributed by atoms with E-state index in [0.29, 0.717) is 19.4 Å². The molecule has 1 rings (SSSR count). The lowest BCUT2D eigenvalue weighted by Crippen LogP contribution is -2.44. The largest absolute Gasteiger partial charge is 0.401 e. The zero-order valence-electron chi connectivity index (χ0n) is 11.7. The minimum absolute atomic E-state index is 0.0204. The molecule has 0 bridgehead atoms. The van der Waals surface area contributed by atoms with E-state index < -0.39 is 18.3 Å². The van der Waals surface area contributed by atoms with Crippen LogP contribution in [0.4, 0.5) is 13.2 Å². The molecule has 0 aromatic heterocycles. The van der Waals surface area contributed by atoms with Crippen LogP contribution in [0, 0.1) is 5.92 Å². The van der Waals surface area contributed by atoms with Crippen molar-refractivity contribution < 1.29 is 18.3 Å². The maximum atomic E-state index is 12.5. The number of hydrogen-bond donors (Lipinski definition) is 2. The third kappa shape index (κ3) is 4.93. The molecular weight excluding hydrogens is 257 g/mol. The number of hydrogen-bond acceptors (Lipinski definition) is 3. The Balaban J connectivity index is 2.52. The normalized spacial score (nSPS) is 28.6. The lowest BCUT2D eigenvalue weighted by Gasteiger charge is -2.32. The first-order valence-electron chi connectivity index (χ1n) is 6.91. The van der Waals surface area contributed by atoms with Gasteiger partial charge >= 0.3 is 6.18 Å². The van der Waals surface area contributed by atoms with Gasteiger partial charge in [-0.25, -0.2) is 0 Å². The number of rotatable bonds is 6. The number of aliphatic hydroxyl groups is 1. The molecule has 114 valence electrons. The quantitative estimate of drug-likeness (QED) is 0.784. The molecule has 2 unspecified atom stereocenters. The molecule has 0 heterocycles. The Morgan fingerprint density at radius 1 is 1.42 bits per heavy atom. The second-order valence-corrected chi connectivity index (χ2v) is 5.86. The summed E-state index contributed by atoms with van der Waals surface area (Å²) in [7, 11) is 0. The second kappa shape index (κ2) is 6.41. The average Bonchev–Trinajstić information content (AvgIpc) is 2.65. The van der Waals surface area contributed by atoms with Crippen LogP contribution in [-0.4, -0.2) is 47.5 Å². The van der Waals surface area contributed by atoms with Gasteiger partial charge in [-0.15, -0.1) is 0 Å². The molecule has 0 saturated heterocycles. The predicted octanol–water partition coefficient (Wildman–Crippen LogP) is 2.14. The molecule has 2 atom stereocenters. The van der Waals surface area contributed by atoms with Crippen molar-refractivity contribution in [1.82, 2.24) is 4.90 Å². The van der Waals surface area contributed by atoms with E-state index in [1.165, 1.54) is 4.90 Å². The molecule has 6 heteroatoms. The molecule has 0 aromatic rings. The monoisotopic (exact) mass is 282 g/mol. The van der Waals surface area contributed by atoms with Gasteiger partial charge in [0.2, 0.25) is 0 Å². The van der Waals surface area contributed by atoms with Crippen molar-refractivity contribution in [2.24, 2.45) is 11.7 Å². The Hall–Kier alpha value is -0.330. The Kier molecular flexibility index (Phi) is 5.65. The van der Waals surface area contributed by atoms with Crippen LogP contribution < -0.4 is 5.73 Å². The van der Waals surface area contributed by atoms with Gasteiger partial charge < -0.3 is 10.8 Å². The van der Waals surface area contributed by atoms with E-state index in [0.717, 1.165) is 12.8 Å². The van der Waals surface area contributed by atoms with Crippen LogP contribution in [0.3, 0.4) is 0 Å². The zero-order valence-corrected chi connectivity index (χ0v) is 11.7. The van der Waals surface area contributed by atoms with Crippen LogP contribution >= 0.6 is 0 Å².